The maximum atomic E-state index is 11.9. The molecule has 0 unspecified atom stereocenters. The van der Waals surface area contributed by atoms with E-state index in [2.05, 4.69) is 21.2 Å². The first-order valence-corrected chi connectivity index (χ1v) is 11.9. The molecule has 0 atom stereocenters. The normalized spacial score (nSPS) is 22.5. The Morgan fingerprint density at radius 1 is 1.13 bits per heavy atom. The van der Waals surface area contributed by atoms with E-state index >= 15 is 0 Å². The summed E-state index contributed by atoms with van der Waals surface area (Å²) in [7, 11) is 0. The van der Waals surface area contributed by atoms with Crippen LogP contribution < -0.4 is 10.2 Å². The molecule has 0 aromatic heterocycles. The predicted octanol–water partition coefficient (Wildman–Crippen LogP) is 4.87. The molecule has 0 spiro atoms. The van der Waals surface area contributed by atoms with Gasteiger partial charge in [-0.25, -0.2) is 0 Å². The van der Waals surface area contributed by atoms with Gasteiger partial charge < -0.3 is 10.2 Å². The van der Waals surface area contributed by atoms with Gasteiger partial charge in [0.15, 0.2) is 0 Å². The van der Waals surface area contributed by atoms with Crippen LogP contribution in [0.5, 0.6) is 0 Å². The molecule has 1 N–H and O–H groups in total. The SMILES string of the molecule is N#CCCCC(=O)NC1CCC(CCN2CCN(c3cc(Cl)ccc3Cl)CC2)CC1. The Morgan fingerprint density at radius 2 is 1.87 bits per heavy atom. The van der Waals surface area contributed by atoms with E-state index in [0.29, 0.717) is 25.3 Å². The Hall–Kier alpha value is -1.48. The standard InChI is InChI=1S/C23H32Cl2N4O/c24-19-6-9-21(25)22(17-19)29-15-13-28(14-16-29)12-10-18-4-7-20(8-5-18)27-23(30)3-1-2-11-26/h6,9,17-18,20H,1-5,7-8,10,12-16H2,(H,27,30). The highest BCUT2D eigenvalue weighted by Crippen LogP contribution is 2.30. The van der Waals surface area contributed by atoms with Crippen LogP contribution in [0.1, 0.15) is 51.4 Å². The van der Waals surface area contributed by atoms with Crippen molar-refractivity contribution in [2.45, 2.75) is 57.4 Å². The molecule has 1 saturated heterocycles. The smallest absolute Gasteiger partial charge is 0.220 e. The third kappa shape index (κ3) is 7.04. The highest BCUT2D eigenvalue weighted by atomic mass is 35.5. The number of carbonyl (C=O) groups is 1. The first kappa shape index (κ1) is 23.2. The summed E-state index contributed by atoms with van der Waals surface area (Å²) >= 11 is 12.5. The van der Waals surface area contributed by atoms with Gasteiger partial charge in [0.2, 0.25) is 5.91 Å². The van der Waals surface area contributed by atoms with Gasteiger partial charge in [-0.15, -0.1) is 0 Å². The fraction of sp³-hybridized carbons (Fsp3) is 0.652. The minimum atomic E-state index is 0.103. The van der Waals surface area contributed by atoms with Crippen molar-refractivity contribution in [3.8, 4) is 6.07 Å². The number of nitrogens with zero attached hydrogens (tertiary/aromatic N) is 3. The number of nitriles is 1. The van der Waals surface area contributed by atoms with Crippen LogP contribution in [0.3, 0.4) is 0 Å². The number of piperazine rings is 1. The molecule has 2 aliphatic rings. The molecule has 3 rings (SSSR count). The largest absolute Gasteiger partial charge is 0.368 e. The number of carbonyl (C=O) groups excluding carboxylic acids is 1. The van der Waals surface area contributed by atoms with E-state index in [1.165, 1.54) is 19.3 Å². The molecule has 7 heteroatoms. The lowest BCUT2D eigenvalue weighted by Crippen LogP contribution is -2.47. The average molecular weight is 451 g/mol. The fourth-order valence-corrected chi connectivity index (χ4v) is 4.93. The predicted molar refractivity (Wildman–Crippen MR) is 123 cm³/mol. The Kier molecular flexibility index (Phi) is 9.11. The van der Waals surface area contributed by atoms with Crippen molar-refractivity contribution in [3.63, 3.8) is 0 Å². The molecule has 1 saturated carbocycles. The minimum absolute atomic E-state index is 0.103. The number of benzene rings is 1. The number of hydrogen-bond acceptors (Lipinski definition) is 4. The molecular formula is C23H32Cl2N4O. The summed E-state index contributed by atoms with van der Waals surface area (Å²) in [6.45, 7) is 5.20. The molecule has 1 heterocycles. The van der Waals surface area contributed by atoms with Crippen LogP contribution in [0.2, 0.25) is 10.0 Å². The summed E-state index contributed by atoms with van der Waals surface area (Å²) in [5.74, 6) is 0.864. The highest BCUT2D eigenvalue weighted by molar-refractivity contribution is 6.35. The van der Waals surface area contributed by atoms with Crippen LogP contribution in [-0.2, 0) is 4.79 Å². The molecular weight excluding hydrogens is 419 g/mol. The molecule has 1 aliphatic carbocycles. The molecule has 0 radical (unpaired) electrons. The number of unbranched alkanes of at least 4 members (excludes halogenated alkanes) is 1. The molecule has 1 aromatic rings. The molecule has 5 nitrogen and oxygen atoms in total. The molecule has 1 aromatic carbocycles. The van der Waals surface area contributed by atoms with Gasteiger partial charge >= 0.3 is 0 Å². The molecule has 1 amide bonds. The summed E-state index contributed by atoms with van der Waals surface area (Å²) in [6.07, 6.45) is 7.38. The van der Waals surface area contributed by atoms with Gasteiger partial charge in [-0.05, 0) is 69.2 Å². The van der Waals surface area contributed by atoms with Crippen LogP contribution in [0.4, 0.5) is 5.69 Å². The van der Waals surface area contributed by atoms with Crippen LogP contribution in [0.15, 0.2) is 18.2 Å². The van der Waals surface area contributed by atoms with Crippen molar-refractivity contribution in [1.82, 2.24) is 10.2 Å². The topological polar surface area (TPSA) is 59.4 Å². The van der Waals surface area contributed by atoms with E-state index in [0.717, 1.165) is 67.2 Å². The summed E-state index contributed by atoms with van der Waals surface area (Å²) in [4.78, 5) is 16.8. The molecule has 30 heavy (non-hydrogen) atoms. The zero-order valence-electron chi connectivity index (χ0n) is 17.6. The van der Waals surface area contributed by atoms with Crippen LogP contribution in [-0.4, -0.2) is 49.6 Å². The third-order valence-corrected chi connectivity index (χ3v) is 6.93. The van der Waals surface area contributed by atoms with E-state index in [9.17, 15) is 4.79 Å². The van der Waals surface area contributed by atoms with E-state index < -0.39 is 0 Å². The Balaban J connectivity index is 1.32. The quantitative estimate of drug-likeness (QED) is 0.573. The van der Waals surface area contributed by atoms with Crippen molar-refractivity contribution in [2.24, 2.45) is 5.92 Å². The Morgan fingerprint density at radius 3 is 2.57 bits per heavy atom. The van der Waals surface area contributed by atoms with Crippen LogP contribution in [0, 0.1) is 17.2 Å². The molecule has 164 valence electrons. The van der Waals surface area contributed by atoms with E-state index in [-0.39, 0.29) is 5.91 Å². The number of amides is 1. The second kappa shape index (κ2) is 11.8. The Bertz CT molecular complexity index is 735. The summed E-state index contributed by atoms with van der Waals surface area (Å²) in [6, 6.07) is 8.07. The summed E-state index contributed by atoms with van der Waals surface area (Å²) in [5, 5.41) is 13.2. The van der Waals surface area contributed by atoms with E-state index in [1.807, 2.05) is 18.2 Å². The summed E-state index contributed by atoms with van der Waals surface area (Å²) < 4.78 is 0. The number of hydrogen-bond donors (Lipinski definition) is 1. The van der Waals surface area contributed by atoms with E-state index in [1.54, 1.807) is 0 Å². The van der Waals surface area contributed by atoms with Gasteiger partial charge in [0.1, 0.15) is 0 Å². The third-order valence-electron chi connectivity index (χ3n) is 6.38. The average Bonchev–Trinajstić information content (AvgIpc) is 2.75. The maximum Gasteiger partial charge on any atom is 0.220 e. The molecule has 1 aliphatic heterocycles. The number of halogens is 2. The lowest BCUT2D eigenvalue weighted by atomic mass is 9.84. The van der Waals surface area contributed by atoms with E-state index in [4.69, 9.17) is 28.5 Å². The monoisotopic (exact) mass is 450 g/mol. The van der Waals surface area contributed by atoms with Gasteiger partial charge in [-0.1, -0.05) is 23.2 Å². The lowest BCUT2D eigenvalue weighted by molar-refractivity contribution is -0.122. The summed E-state index contributed by atoms with van der Waals surface area (Å²) in [5.41, 5.74) is 1.04. The highest BCUT2D eigenvalue weighted by Gasteiger charge is 2.24. The minimum Gasteiger partial charge on any atom is -0.368 e. The second-order valence-corrected chi connectivity index (χ2v) is 9.35. The van der Waals surface area contributed by atoms with Gasteiger partial charge in [0, 0.05) is 50.1 Å². The fourth-order valence-electron chi connectivity index (χ4n) is 4.53. The maximum absolute atomic E-state index is 11.9. The van der Waals surface area contributed by atoms with Crippen molar-refractivity contribution < 1.29 is 4.79 Å². The lowest BCUT2D eigenvalue weighted by Gasteiger charge is -2.37. The van der Waals surface area contributed by atoms with Gasteiger partial charge in [-0.2, -0.15) is 5.26 Å². The second-order valence-electron chi connectivity index (χ2n) is 8.51. The van der Waals surface area contributed by atoms with Crippen LogP contribution >= 0.6 is 23.2 Å². The van der Waals surface area contributed by atoms with Gasteiger partial charge in [0.05, 0.1) is 16.8 Å². The first-order chi connectivity index (χ1) is 14.5. The number of anilines is 1. The Labute approximate surface area is 190 Å². The number of rotatable bonds is 8. The van der Waals surface area contributed by atoms with Gasteiger partial charge in [0.25, 0.3) is 0 Å². The van der Waals surface area contributed by atoms with Crippen molar-refractivity contribution in [3.05, 3.63) is 28.2 Å². The molecule has 0 bridgehead atoms. The van der Waals surface area contributed by atoms with Crippen molar-refractivity contribution in [1.29, 1.82) is 5.26 Å². The van der Waals surface area contributed by atoms with Crippen LogP contribution in [0.25, 0.3) is 0 Å². The first-order valence-electron chi connectivity index (χ1n) is 11.1. The molecule has 2 fully saturated rings. The number of nitrogens with one attached hydrogen (secondary N) is 1. The zero-order chi connectivity index (χ0) is 21.3. The zero-order valence-corrected chi connectivity index (χ0v) is 19.1. The van der Waals surface area contributed by atoms with Gasteiger partial charge in [-0.3, -0.25) is 9.69 Å². The van der Waals surface area contributed by atoms with Crippen molar-refractivity contribution >= 4 is 34.8 Å². The van der Waals surface area contributed by atoms with Crippen molar-refractivity contribution in [2.75, 3.05) is 37.6 Å².